The lowest BCUT2D eigenvalue weighted by molar-refractivity contribution is 0.0595. The number of aromatic carboxylic acids is 1. The molecule has 2 aromatic heterocycles. The van der Waals surface area contributed by atoms with Gasteiger partial charge in [0.15, 0.2) is 0 Å². The fourth-order valence-corrected chi connectivity index (χ4v) is 2.34. The molecule has 0 amide bonds. The molecule has 2 aromatic rings. The standard InChI is InChI=1S/C13H10N2O4S/c1-19-13(18)9-3-2-5-15-11(9)20-8-4-6-14-10(7-8)12(16)17/h2-7H,1H3,(H,16,17). The monoisotopic (exact) mass is 290 g/mol. The van der Waals surface area contributed by atoms with Gasteiger partial charge in [0.1, 0.15) is 10.7 Å². The van der Waals surface area contributed by atoms with Crippen molar-refractivity contribution in [2.75, 3.05) is 7.11 Å². The average Bonchev–Trinajstić information content (AvgIpc) is 2.47. The van der Waals surface area contributed by atoms with E-state index in [1.165, 1.54) is 31.1 Å². The van der Waals surface area contributed by atoms with Crippen molar-refractivity contribution in [3.8, 4) is 0 Å². The van der Waals surface area contributed by atoms with Crippen LogP contribution in [0.2, 0.25) is 0 Å². The Morgan fingerprint density at radius 2 is 2.05 bits per heavy atom. The zero-order valence-corrected chi connectivity index (χ0v) is 11.3. The maximum atomic E-state index is 11.6. The van der Waals surface area contributed by atoms with Gasteiger partial charge in [-0.3, -0.25) is 0 Å². The van der Waals surface area contributed by atoms with Crippen molar-refractivity contribution in [3.05, 3.63) is 47.9 Å². The van der Waals surface area contributed by atoms with E-state index in [4.69, 9.17) is 5.11 Å². The van der Waals surface area contributed by atoms with Gasteiger partial charge in [-0.2, -0.15) is 0 Å². The minimum absolute atomic E-state index is 0.0643. The molecule has 0 saturated carbocycles. The summed E-state index contributed by atoms with van der Waals surface area (Å²) in [4.78, 5) is 31.0. The topological polar surface area (TPSA) is 89.4 Å². The third-order valence-corrected chi connectivity index (χ3v) is 3.35. The van der Waals surface area contributed by atoms with E-state index < -0.39 is 11.9 Å². The van der Waals surface area contributed by atoms with Crippen molar-refractivity contribution in [1.82, 2.24) is 9.97 Å². The number of hydrogen-bond acceptors (Lipinski definition) is 6. The zero-order chi connectivity index (χ0) is 14.5. The Hall–Kier alpha value is -2.41. The first kappa shape index (κ1) is 14.0. The molecule has 0 spiro atoms. The molecule has 0 aliphatic carbocycles. The molecule has 7 heteroatoms. The highest BCUT2D eigenvalue weighted by atomic mass is 32.2. The van der Waals surface area contributed by atoms with Crippen LogP contribution in [0.15, 0.2) is 46.6 Å². The maximum Gasteiger partial charge on any atom is 0.354 e. The number of carboxylic acids is 1. The molecule has 0 radical (unpaired) electrons. The molecule has 2 heterocycles. The Labute approximate surface area is 118 Å². The fourth-order valence-electron chi connectivity index (χ4n) is 1.44. The Kier molecular flexibility index (Phi) is 4.31. The van der Waals surface area contributed by atoms with Crippen molar-refractivity contribution in [2.24, 2.45) is 0 Å². The second-order valence-corrected chi connectivity index (χ2v) is 4.69. The first-order chi connectivity index (χ1) is 9.61. The third kappa shape index (κ3) is 3.12. The summed E-state index contributed by atoms with van der Waals surface area (Å²) in [6, 6.07) is 6.29. The van der Waals surface area contributed by atoms with Crippen molar-refractivity contribution < 1.29 is 19.4 Å². The van der Waals surface area contributed by atoms with Gasteiger partial charge in [0, 0.05) is 17.3 Å². The first-order valence-corrected chi connectivity index (χ1v) is 6.34. The van der Waals surface area contributed by atoms with E-state index in [0.29, 0.717) is 15.5 Å². The van der Waals surface area contributed by atoms with E-state index in [1.54, 1.807) is 24.4 Å². The highest BCUT2D eigenvalue weighted by Gasteiger charge is 2.14. The molecule has 2 rings (SSSR count). The lowest BCUT2D eigenvalue weighted by Crippen LogP contribution is -2.04. The van der Waals surface area contributed by atoms with Crippen LogP contribution < -0.4 is 0 Å². The van der Waals surface area contributed by atoms with Crippen LogP contribution in [-0.4, -0.2) is 34.1 Å². The Balaban J connectivity index is 2.33. The predicted octanol–water partition coefficient (Wildman–Crippen LogP) is 2.11. The number of hydrogen-bond donors (Lipinski definition) is 1. The number of carbonyl (C=O) groups is 2. The van der Waals surface area contributed by atoms with Crippen LogP contribution in [0.3, 0.4) is 0 Å². The number of ether oxygens (including phenoxy) is 1. The van der Waals surface area contributed by atoms with Gasteiger partial charge in [-0.1, -0.05) is 11.8 Å². The van der Waals surface area contributed by atoms with E-state index in [1.807, 2.05) is 0 Å². The molecule has 20 heavy (non-hydrogen) atoms. The van der Waals surface area contributed by atoms with Crippen LogP contribution >= 0.6 is 11.8 Å². The number of aromatic nitrogens is 2. The summed E-state index contributed by atoms with van der Waals surface area (Å²) in [5.74, 6) is -1.60. The SMILES string of the molecule is COC(=O)c1cccnc1Sc1ccnc(C(=O)O)c1. The molecule has 0 aliphatic rings. The molecule has 102 valence electrons. The second-order valence-electron chi connectivity index (χ2n) is 3.63. The Bertz CT molecular complexity index is 660. The van der Waals surface area contributed by atoms with Crippen LogP contribution in [0.25, 0.3) is 0 Å². The quantitative estimate of drug-likeness (QED) is 0.862. The second kappa shape index (κ2) is 6.16. The van der Waals surface area contributed by atoms with Crippen molar-refractivity contribution in [1.29, 1.82) is 0 Å². The predicted molar refractivity (Wildman–Crippen MR) is 70.9 cm³/mol. The van der Waals surface area contributed by atoms with Gasteiger partial charge >= 0.3 is 11.9 Å². The van der Waals surface area contributed by atoms with Gasteiger partial charge < -0.3 is 9.84 Å². The lowest BCUT2D eigenvalue weighted by atomic mass is 10.3. The van der Waals surface area contributed by atoms with Crippen LogP contribution in [0.1, 0.15) is 20.8 Å². The third-order valence-electron chi connectivity index (χ3n) is 2.34. The summed E-state index contributed by atoms with van der Waals surface area (Å²) in [6.45, 7) is 0. The smallest absolute Gasteiger partial charge is 0.354 e. The van der Waals surface area contributed by atoms with Gasteiger partial charge in [-0.05, 0) is 24.3 Å². The van der Waals surface area contributed by atoms with Crippen molar-refractivity contribution in [3.63, 3.8) is 0 Å². The maximum absolute atomic E-state index is 11.6. The summed E-state index contributed by atoms with van der Waals surface area (Å²) >= 11 is 1.17. The molecular weight excluding hydrogens is 280 g/mol. The van der Waals surface area contributed by atoms with E-state index in [-0.39, 0.29) is 5.69 Å². The van der Waals surface area contributed by atoms with E-state index in [9.17, 15) is 9.59 Å². The number of nitrogens with zero attached hydrogens (tertiary/aromatic N) is 2. The number of methoxy groups -OCH3 is 1. The average molecular weight is 290 g/mol. The van der Waals surface area contributed by atoms with E-state index in [0.717, 1.165) is 0 Å². The van der Waals surface area contributed by atoms with Crippen LogP contribution in [0.4, 0.5) is 0 Å². The number of carbonyl (C=O) groups excluding carboxylic acids is 1. The zero-order valence-electron chi connectivity index (χ0n) is 10.4. The minimum Gasteiger partial charge on any atom is -0.477 e. The van der Waals surface area contributed by atoms with Gasteiger partial charge in [0.2, 0.25) is 0 Å². The summed E-state index contributed by atoms with van der Waals surface area (Å²) in [6.07, 6.45) is 2.95. The fraction of sp³-hybridized carbons (Fsp3) is 0.0769. The van der Waals surface area contributed by atoms with Crippen LogP contribution in [-0.2, 0) is 4.74 Å². The van der Waals surface area contributed by atoms with E-state index in [2.05, 4.69) is 14.7 Å². The van der Waals surface area contributed by atoms with Gasteiger partial charge in [-0.15, -0.1) is 0 Å². The summed E-state index contributed by atoms with van der Waals surface area (Å²) in [5, 5.41) is 9.34. The van der Waals surface area contributed by atoms with E-state index >= 15 is 0 Å². The molecule has 0 aromatic carbocycles. The molecule has 0 unspecified atom stereocenters. The van der Waals surface area contributed by atoms with Crippen molar-refractivity contribution in [2.45, 2.75) is 9.92 Å². The molecule has 0 aliphatic heterocycles. The van der Waals surface area contributed by atoms with Crippen molar-refractivity contribution >= 4 is 23.7 Å². The largest absolute Gasteiger partial charge is 0.477 e. The van der Waals surface area contributed by atoms with Crippen LogP contribution in [0.5, 0.6) is 0 Å². The molecular formula is C13H10N2O4S. The molecule has 0 atom stereocenters. The molecule has 0 saturated heterocycles. The first-order valence-electron chi connectivity index (χ1n) is 5.52. The molecule has 6 nitrogen and oxygen atoms in total. The van der Waals surface area contributed by atoms with Gasteiger partial charge in [0.25, 0.3) is 0 Å². The van der Waals surface area contributed by atoms with Crippen LogP contribution in [0, 0.1) is 0 Å². The number of carboxylic acid groups (broad SMARTS) is 1. The molecule has 1 N–H and O–H groups in total. The summed E-state index contributed by atoms with van der Waals surface area (Å²) in [5.41, 5.74) is 0.263. The summed E-state index contributed by atoms with van der Waals surface area (Å²) in [7, 11) is 1.29. The normalized spacial score (nSPS) is 10.1. The summed E-state index contributed by atoms with van der Waals surface area (Å²) < 4.78 is 4.68. The number of pyridine rings is 2. The lowest BCUT2D eigenvalue weighted by Gasteiger charge is -2.06. The minimum atomic E-state index is -1.11. The Morgan fingerprint density at radius 1 is 1.25 bits per heavy atom. The molecule has 0 fully saturated rings. The molecule has 0 bridgehead atoms. The number of rotatable bonds is 4. The van der Waals surface area contributed by atoms with Gasteiger partial charge in [0.05, 0.1) is 12.7 Å². The highest BCUT2D eigenvalue weighted by Crippen LogP contribution is 2.29. The van der Waals surface area contributed by atoms with Gasteiger partial charge in [-0.25, -0.2) is 19.6 Å². The number of esters is 1. The Morgan fingerprint density at radius 3 is 2.75 bits per heavy atom. The highest BCUT2D eigenvalue weighted by molar-refractivity contribution is 7.99.